The van der Waals surface area contributed by atoms with Gasteiger partial charge in [0.05, 0.1) is 24.4 Å². The summed E-state index contributed by atoms with van der Waals surface area (Å²) in [6.45, 7) is 0.424. The summed E-state index contributed by atoms with van der Waals surface area (Å²) in [6, 6.07) is 12.2. The minimum absolute atomic E-state index is 0.121. The van der Waals surface area contributed by atoms with Gasteiger partial charge in [0.2, 0.25) is 0 Å². The van der Waals surface area contributed by atoms with Gasteiger partial charge in [0.15, 0.2) is 17.4 Å². The molecule has 7 nitrogen and oxygen atoms in total. The number of imidazole rings is 1. The number of anilines is 1. The predicted octanol–water partition coefficient (Wildman–Crippen LogP) is 3.74. The Labute approximate surface area is 165 Å². The maximum absolute atomic E-state index is 14.0. The van der Waals surface area contributed by atoms with E-state index in [1.54, 1.807) is 47.3 Å². The lowest BCUT2D eigenvalue weighted by Gasteiger charge is -2.27. The second-order valence-corrected chi connectivity index (χ2v) is 6.66. The molecule has 142 valence electrons. The number of nitriles is 1. The van der Waals surface area contributed by atoms with Gasteiger partial charge >= 0.3 is 0 Å². The third-order valence-corrected chi connectivity index (χ3v) is 4.87. The van der Waals surface area contributed by atoms with E-state index >= 15 is 0 Å². The Kier molecular flexibility index (Phi) is 4.06. The topological polar surface area (TPSA) is 88.1 Å². The predicted molar refractivity (Wildman–Crippen MR) is 104 cm³/mol. The van der Waals surface area contributed by atoms with Gasteiger partial charge in [-0.25, -0.2) is 19.3 Å². The third-order valence-electron chi connectivity index (χ3n) is 4.87. The summed E-state index contributed by atoms with van der Waals surface area (Å²) in [5.41, 5.74) is 2.67. The lowest BCUT2D eigenvalue weighted by Crippen LogP contribution is -2.21. The van der Waals surface area contributed by atoms with Crippen LogP contribution in [-0.2, 0) is 0 Å². The summed E-state index contributed by atoms with van der Waals surface area (Å²) in [7, 11) is 0. The minimum Gasteiger partial charge on any atom is -0.490 e. The Morgan fingerprint density at radius 1 is 1.21 bits per heavy atom. The van der Waals surface area contributed by atoms with Crippen LogP contribution >= 0.6 is 0 Å². The zero-order chi connectivity index (χ0) is 19.8. The Balaban J connectivity index is 1.49. The SMILES string of the molecule is N#Cc1ccc2ncc(-c3nccc(NC4CCOc5c(F)cccc54)n3)n2c1. The van der Waals surface area contributed by atoms with Crippen molar-refractivity contribution in [3.8, 4) is 23.3 Å². The molecule has 0 saturated carbocycles. The van der Waals surface area contributed by atoms with E-state index in [0.717, 1.165) is 5.56 Å². The Bertz CT molecular complexity index is 1260. The van der Waals surface area contributed by atoms with E-state index in [2.05, 4.69) is 26.3 Å². The van der Waals surface area contributed by atoms with E-state index in [1.807, 2.05) is 6.07 Å². The third kappa shape index (κ3) is 3.02. The first-order valence-electron chi connectivity index (χ1n) is 9.11. The molecular formula is C21H15FN6O. The standard InChI is InChI=1S/C21H15FN6O/c22-15-3-1-2-14-16(7-9-29-20(14)15)26-18-6-8-24-21(27-18)17-11-25-19-5-4-13(10-23)12-28(17)19/h1-6,8,11-12,16H,7,9H2,(H,24,26,27). The summed E-state index contributed by atoms with van der Waals surface area (Å²) in [5, 5.41) is 12.5. The molecule has 1 N–H and O–H groups in total. The molecule has 1 aliphatic rings. The van der Waals surface area contributed by atoms with Crippen molar-refractivity contribution in [2.45, 2.75) is 12.5 Å². The second kappa shape index (κ2) is 6.87. The molecule has 3 aromatic heterocycles. The van der Waals surface area contributed by atoms with Crippen LogP contribution in [0.4, 0.5) is 10.2 Å². The van der Waals surface area contributed by atoms with Gasteiger partial charge in [0.25, 0.3) is 0 Å². The minimum atomic E-state index is -0.364. The van der Waals surface area contributed by atoms with Gasteiger partial charge in [0.1, 0.15) is 23.2 Å². The summed E-state index contributed by atoms with van der Waals surface area (Å²) >= 11 is 0. The largest absolute Gasteiger partial charge is 0.490 e. The Morgan fingerprint density at radius 2 is 2.14 bits per heavy atom. The highest BCUT2D eigenvalue weighted by molar-refractivity contribution is 5.59. The van der Waals surface area contributed by atoms with Crippen molar-refractivity contribution in [3.63, 3.8) is 0 Å². The lowest BCUT2D eigenvalue weighted by molar-refractivity contribution is 0.260. The van der Waals surface area contributed by atoms with E-state index < -0.39 is 0 Å². The van der Waals surface area contributed by atoms with E-state index in [4.69, 9.17) is 10.00 Å². The highest BCUT2D eigenvalue weighted by atomic mass is 19.1. The lowest BCUT2D eigenvalue weighted by atomic mass is 10.0. The van der Waals surface area contributed by atoms with Gasteiger partial charge < -0.3 is 10.1 Å². The smallest absolute Gasteiger partial charge is 0.180 e. The van der Waals surface area contributed by atoms with E-state index in [1.165, 1.54) is 6.07 Å². The molecule has 1 atom stereocenters. The molecule has 1 aromatic carbocycles. The highest BCUT2D eigenvalue weighted by Crippen LogP contribution is 2.35. The van der Waals surface area contributed by atoms with E-state index in [9.17, 15) is 4.39 Å². The number of para-hydroxylation sites is 1. The number of nitrogens with zero attached hydrogens (tertiary/aromatic N) is 5. The van der Waals surface area contributed by atoms with Crippen molar-refractivity contribution < 1.29 is 9.13 Å². The van der Waals surface area contributed by atoms with E-state index in [-0.39, 0.29) is 17.6 Å². The van der Waals surface area contributed by atoms with Crippen LogP contribution in [0.3, 0.4) is 0 Å². The first kappa shape index (κ1) is 17.1. The van der Waals surface area contributed by atoms with Crippen molar-refractivity contribution >= 4 is 11.5 Å². The molecule has 0 radical (unpaired) electrons. The molecule has 0 fully saturated rings. The normalized spacial score (nSPS) is 15.4. The Hall–Kier alpha value is -3.99. The van der Waals surface area contributed by atoms with Gasteiger partial charge in [0, 0.05) is 24.4 Å². The first-order valence-corrected chi connectivity index (χ1v) is 9.11. The molecular weight excluding hydrogens is 371 g/mol. The molecule has 0 amide bonds. The molecule has 0 saturated heterocycles. The summed E-state index contributed by atoms with van der Waals surface area (Å²) < 4.78 is 21.3. The fourth-order valence-electron chi connectivity index (χ4n) is 3.49. The number of aromatic nitrogens is 4. The van der Waals surface area contributed by atoms with Crippen LogP contribution in [0.15, 0.2) is 55.0 Å². The molecule has 0 aliphatic carbocycles. The zero-order valence-electron chi connectivity index (χ0n) is 15.2. The molecule has 1 aliphatic heterocycles. The molecule has 4 aromatic rings. The molecule has 8 heteroatoms. The molecule has 0 bridgehead atoms. The average molecular weight is 386 g/mol. The number of rotatable bonds is 3. The monoisotopic (exact) mass is 386 g/mol. The van der Waals surface area contributed by atoms with Crippen molar-refractivity contribution in [2.75, 3.05) is 11.9 Å². The maximum atomic E-state index is 14.0. The number of pyridine rings is 1. The maximum Gasteiger partial charge on any atom is 0.180 e. The van der Waals surface area contributed by atoms with E-state index in [0.29, 0.717) is 41.6 Å². The molecule has 4 heterocycles. The number of nitrogens with one attached hydrogen (secondary N) is 1. The van der Waals surface area contributed by atoms with Crippen LogP contribution in [0, 0.1) is 17.1 Å². The van der Waals surface area contributed by atoms with Gasteiger partial charge in [-0.2, -0.15) is 5.26 Å². The fraction of sp³-hybridized carbons (Fsp3) is 0.143. The number of hydrogen-bond donors (Lipinski definition) is 1. The van der Waals surface area contributed by atoms with Gasteiger partial charge in [-0.1, -0.05) is 12.1 Å². The van der Waals surface area contributed by atoms with Gasteiger partial charge in [-0.05, 0) is 24.3 Å². The van der Waals surface area contributed by atoms with Gasteiger partial charge in [-0.15, -0.1) is 0 Å². The van der Waals surface area contributed by atoms with Crippen LogP contribution in [-0.4, -0.2) is 26.0 Å². The number of hydrogen-bond acceptors (Lipinski definition) is 6. The van der Waals surface area contributed by atoms with Crippen molar-refractivity contribution in [1.29, 1.82) is 5.26 Å². The molecule has 5 rings (SSSR count). The average Bonchev–Trinajstić information content (AvgIpc) is 3.18. The Morgan fingerprint density at radius 3 is 3.03 bits per heavy atom. The van der Waals surface area contributed by atoms with Crippen LogP contribution in [0.5, 0.6) is 5.75 Å². The van der Waals surface area contributed by atoms with Crippen LogP contribution < -0.4 is 10.1 Å². The van der Waals surface area contributed by atoms with Crippen LogP contribution in [0.1, 0.15) is 23.6 Å². The zero-order valence-corrected chi connectivity index (χ0v) is 15.2. The summed E-state index contributed by atoms with van der Waals surface area (Å²) in [6.07, 6.45) is 5.73. The van der Waals surface area contributed by atoms with Crippen molar-refractivity contribution in [3.05, 3.63) is 71.9 Å². The summed E-state index contributed by atoms with van der Waals surface area (Å²) in [4.78, 5) is 13.3. The molecule has 29 heavy (non-hydrogen) atoms. The van der Waals surface area contributed by atoms with Crippen LogP contribution in [0.2, 0.25) is 0 Å². The van der Waals surface area contributed by atoms with Crippen molar-refractivity contribution in [2.24, 2.45) is 0 Å². The quantitative estimate of drug-likeness (QED) is 0.577. The fourth-order valence-corrected chi connectivity index (χ4v) is 3.49. The number of halogens is 1. The summed E-state index contributed by atoms with van der Waals surface area (Å²) in [5.74, 6) is 1.01. The highest BCUT2D eigenvalue weighted by Gasteiger charge is 2.24. The second-order valence-electron chi connectivity index (χ2n) is 6.66. The molecule has 0 spiro atoms. The van der Waals surface area contributed by atoms with Crippen molar-refractivity contribution in [1.82, 2.24) is 19.4 Å². The number of benzene rings is 1. The number of fused-ring (bicyclic) bond motifs is 2. The van der Waals surface area contributed by atoms with Gasteiger partial charge in [-0.3, -0.25) is 4.40 Å². The van der Waals surface area contributed by atoms with Crippen LogP contribution in [0.25, 0.3) is 17.2 Å². The number of ether oxygens (including phenoxy) is 1. The molecule has 1 unspecified atom stereocenters. The first-order chi connectivity index (χ1) is 14.2.